The molecular formula is C31H34N2O5. The molecule has 0 unspecified atom stereocenters. The molecule has 0 aromatic heterocycles. The number of esters is 1. The predicted octanol–water partition coefficient (Wildman–Crippen LogP) is 5.96. The monoisotopic (exact) mass is 514 g/mol. The lowest BCUT2D eigenvalue weighted by Gasteiger charge is -2.22. The lowest BCUT2D eigenvalue weighted by Crippen LogP contribution is -2.44. The predicted molar refractivity (Wildman–Crippen MR) is 147 cm³/mol. The van der Waals surface area contributed by atoms with Gasteiger partial charge in [0.1, 0.15) is 18.2 Å². The van der Waals surface area contributed by atoms with Crippen molar-refractivity contribution in [3.8, 4) is 11.1 Å². The molecule has 0 fully saturated rings. The van der Waals surface area contributed by atoms with E-state index in [1.54, 1.807) is 32.9 Å². The van der Waals surface area contributed by atoms with E-state index in [9.17, 15) is 14.4 Å². The summed E-state index contributed by atoms with van der Waals surface area (Å²) in [5.74, 6) is -0.986. The molecule has 0 bridgehead atoms. The first-order chi connectivity index (χ1) is 18.1. The highest BCUT2D eigenvalue weighted by Gasteiger charge is 2.30. The van der Waals surface area contributed by atoms with E-state index in [2.05, 4.69) is 22.8 Å². The van der Waals surface area contributed by atoms with Crippen LogP contribution in [0.1, 0.15) is 56.2 Å². The van der Waals surface area contributed by atoms with E-state index in [1.807, 2.05) is 55.5 Å². The van der Waals surface area contributed by atoms with Crippen LogP contribution < -0.4 is 10.6 Å². The number of hydrogen-bond donors (Lipinski definition) is 2. The third-order valence-electron chi connectivity index (χ3n) is 6.33. The van der Waals surface area contributed by atoms with Gasteiger partial charge in [-0.2, -0.15) is 0 Å². The lowest BCUT2D eigenvalue weighted by molar-refractivity contribution is -0.155. The second-order valence-electron chi connectivity index (χ2n) is 10.5. The van der Waals surface area contributed by atoms with Crippen molar-refractivity contribution in [3.63, 3.8) is 0 Å². The molecular weight excluding hydrogens is 480 g/mol. The summed E-state index contributed by atoms with van der Waals surface area (Å²) in [5.41, 5.74) is 5.46. The Balaban J connectivity index is 1.42. The van der Waals surface area contributed by atoms with Gasteiger partial charge >= 0.3 is 12.1 Å². The van der Waals surface area contributed by atoms with Crippen LogP contribution in [-0.4, -0.2) is 36.2 Å². The van der Waals surface area contributed by atoms with E-state index in [1.165, 1.54) is 0 Å². The Kier molecular flexibility index (Phi) is 8.15. The minimum Gasteiger partial charge on any atom is -0.460 e. The highest BCUT2D eigenvalue weighted by Crippen LogP contribution is 2.44. The van der Waals surface area contributed by atoms with Gasteiger partial charge < -0.3 is 20.1 Å². The molecule has 0 saturated heterocycles. The topological polar surface area (TPSA) is 93.7 Å². The van der Waals surface area contributed by atoms with Gasteiger partial charge in [0, 0.05) is 18.0 Å². The van der Waals surface area contributed by atoms with E-state index < -0.39 is 29.6 Å². The molecule has 38 heavy (non-hydrogen) atoms. The van der Waals surface area contributed by atoms with Crippen LogP contribution in [0.4, 0.5) is 10.5 Å². The van der Waals surface area contributed by atoms with Crippen molar-refractivity contribution in [2.45, 2.75) is 58.1 Å². The Morgan fingerprint density at radius 1 is 0.868 bits per heavy atom. The molecule has 4 rings (SSSR count). The van der Waals surface area contributed by atoms with Crippen LogP contribution in [-0.2, 0) is 19.1 Å². The van der Waals surface area contributed by atoms with Crippen molar-refractivity contribution in [2.24, 2.45) is 0 Å². The van der Waals surface area contributed by atoms with E-state index in [-0.39, 0.29) is 25.4 Å². The van der Waals surface area contributed by atoms with Crippen LogP contribution in [0.25, 0.3) is 11.1 Å². The summed E-state index contributed by atoms with van der Waals surface area (Å²) in [6, 6.07) is 22.5. The van der Waals surface area contributed by atoms with Gasteiger partial charge in [-0.05, 0) is 68.5 Å². The number of hydrogen-bond acceptors (Lipinski definition) is 5. The van der Waals surface area contributed by atoms with Crippen LogP contribution in [0.15, 0.2) is 72.8 Å². The molecule has 0 saturated carbocycles. The largest absolute Gasteiger partial charge is 0.460 e. The van der Waals surface area contributed by atoms with Gasteiger partial charge in [-0.15, -0.1) is 0 Å². The average Bonchev–Trinajstić information content (AvgIpc) is 3.19. The smallest absolute Gasteiger partial charge is 0.407 e. The van der Waals surface area contributed by atoms with E-state index in [0.717, 1.165) is 27.8 Å². The standard InChI is InChI=1S/C31H34N2O5/c1-20-13-15-21(16-14-20)32-29(35)27(17-18-28(34)38-31(2,3)4)33-30(36)37-19-26-24-11-7-5-9-22(24)23-10-6-8-12-25(23)26/h5-16,26-27H,17-19H2,1-4H3,(H,32,35)(H,33,36)/t27-/m1/s1. The molecule has 7 nitrogen and oxygen atoms in total. The molecule has 0 radical (unpaired) electrons. The zero-order valence-corrected chi connectivity index (χ0v) is 22.2. The summed E-state index contributed by atoms with van der Waals surface area (Å²) in [7, 11) is 0. The number of alkyl carbamates (subject to hydrolysis) is 1. The second-order valence-corrected chi connectivity index (χ2v) is 10.5. The highest BCUT2D eigenvalue weighted by atomic mass is 16.6. The van der Waals surface area contributed by atoms with Crippen LogP contribution in [0.5, 0.6) is 0 Å². The first-order valence-electron chi connectivity index (χ1n) is 12.8. The average molecular weight is 515 g/mol. The van der Waals surface area contributed by atoms with Gasteiger partial charge in [-0.1, -0.05) is 66.2 Å². The number of ether oxygens (including phenoxy) is 2. The molecule has 0 heterocycles. The maximum atomic E-state index is 13.1. The zero-order chi connectivity index (χ0) is 27.3. The van der Waals surface area contributed by atoms with Crippen molar-refractivity contribution in [1.29, 1.82) is 0 Å². The fourth-order valence-electron chi connectivity index (χ4n) is 4.57. The Hall–Kier alpha value is -4.13. The number of anilines is 1. The fourth-order valence-corrected chi connectivity index (χ4v) is 4.57. The number of carbonyl (C=O) groups is 3. The molecule has 198 valence electrons. The van der Waals surface area contributed by atoms with Crippen LogP contribution in [0.2, 0.25) is 0 Å². The van der Waals surface area contributed by atoms with Gasteiger partial charge in [-0.25, -0.2) is 4.79 Å². The Labute approximate surface area is 223 Å². The van der Waals surface area contributed by atoms with Gasteiger partial charge in [0.05, 0.1) is 0 Å². The number of amides is 2. The van der Waals surface area contributed by atoms with Crippen LogP contribution in [0.3, 0.4) is 0 Å². The van der Waals surface area contributed by atoms with E-state index in [0.29, 0.717) is 5.69 Å². The summed E-state index contributed by atoms with van der Waals surface area (Å²) in [4.78, 5) is 38.3. The Morgan fingerprint density at radius 3 is 2.03 bits per heavy atom. The molecule has 1 aliphatic rings. The molecule has 0 spiro atoms. The number of benzene rings is 3. The summed E-state index contributed by atoms with van der Waals surface area (Å²) >= 11 is 0. The van der Waals surface area contributed by atoms with Crippen molar-refractivity contribution in [3.05, 3.63) is 89.5 Å². The minimum absolute atomic E-state index is 0.0348. The first-order valence-corrected chi connectivity index (χ1v) is 12.8. The highest BCUT2D eigenvalue weighted by molar-refractivity contribution is 5.96. The van der Waals surface area contributed by atoms with Gasteiger partial charge in [0.2, 0.25) is 5.91 Å². The Morgan fingerprint density at radius 2 is 1.45 bits per heavy atom. The van der Waals surface area contributed by atoms with Gasteiger partial charge in [0.25, 0.3) is 0 Å². The molecule has 2 amide bonds. The summed E-state index contributed by atoms with van der Waals surface area (Å²) < 4.78 is 11.0. The lowest BCUT2D eigenvalue weighted by atomic mass is 9.98. The van der Waals surface area contributed by atoms with Crippen molar-refractivity contribution in [2.75, 3.05) is 11.9 Å². The normalized spacial score (nSPS) is 13.2. The second kappa shape index (κ2) is 11.5. The number of aryl methyl sites for hydroxylation is 1. The van der Waals surface area contributed by atoms with Gasteiger partial charge in [-0.3, -0.25) is 9.59 Å². The number of carbonyl (C=O) groups excluding carboxylic acids is 3. The zero-order valence-electron chi connectivity index (χ0n) is 22.2. The molecule has 1 aliphatic carbocycles. The quantitative estimate of drug-likeness (QED) is 0.362. The molecule has 3 aromatic carbocycles. The third kappa shape index (κ3) is 6.79. The summed E-state index contributed by atoms with van der Waals surface area (Å²) in [5, 5.41) is 5.47. The van der Waals surface area contributed by atoms with E-state index in [4.69, 9.17) is 9.47 Å². The van der Waals surface area contributed by atoms with E-state index >= 15 is 0 Å². The third-order valence-corrected chi connectivity index (χ3v) is 6.33. The minimum atomic E-state index is -0.987. The molecule has 7 heteroatoms. The SMILES string of the molecule is Cc1ccc(NC(=O)[C@@H](CCC(=O)OC(C)(C)C)NC(=O)OCC2c3ccccc3-c3ccccc32)cc1. The maximum absolute atomic E-state index is 13.1. The first kappa shape index (κ1) is 26.9. The number of nitrogens with one attached hydrogen (secondary N) is 2. The van der Waals surface area contributed by atoms with Gasteiger partial charge in [0.15, 0.2) is 0 Å². The summed E-state index contributed by atoms with van der Waals surface area (Å²) in [6.07, 6.45) is -0.691. The maximum Gasteiger partial charge on any atom is 0.407 e. The van der Waals surface area contributed by atoms with Crippen LogP contribution >= 0.6 is 0 Å². The molecule has 2 N–H and O–H groups in total. The molecule has 0 aliphatic heterocycles. The van der Waals surface area contributed by atoms with Crippen LogP contribution in [0, 0.1) is 6.92 Å². The van der Waals surface area contributed by atoms with Crippen molar-refractivity contribution in [1.82, 2.24) is 5.32 Å². The van der Waals surface area contributed by atoms with Crippen molar-refractivity contribution < 1.29 is 23.9 Å². The molecule has 1 atom stereocenters. The summed E-state index contributed by atoms with van der Waals surface area (Å²) in [6.45, 7) is 7.41. The number of fused-ring (bicyclic) bond motifs is 3. The molecule has 3 aromatic rings. The fraction of sp³-hybridized carbons (Fsp3) is 0.323. The number of rotatable bonds is 8. The Bertz CT molecular complexity index is 1260. The van der Waals surface area contributed by atoms with Crippen molar-refractivity contribution >= 4 is 23.7 Å².